The van der Waals surface area contributed by atoms with E-state index in [-0.39, 0.29) is 18.8 Å². The fraction of sp³-hybridized carbons (Fsp3) is 0.909. The van der Waals surface area contributed by atoms with Crippen LogP contribution in [0.1, 0.15) is 58.3 Å². The van der Waals surface area contributed by atoms with E-state index < -0.39 is 10.4 Å². The number of hydrogen-bond acceptors (Lipinski definition) is 4. The van der Waals surface area contributed by atoms with E-state index in [2.05, 4.69) is 11.1 Å². The van der Waals surface area contributed by atoms with Gasteiger partial charge in [0, 0.05) is 12.8 Å². The highest BCUT2D eigenvalue weighted by Crippen LogP contribution is 2.08. The van der Waals surface area contributed by atoms with E-state index >= 15 is 0 Å². The van der Waals surface area contributed by atoms with Gasteiger partial charge in [-0.05, 0) is 6.42 Å². The van der Waals surface area contributed by atoms with Crippen molar-refractivity contribution in [2.24, 2.45) is 0 Å². The maximum atomic E-state index is 11.3. The van der Waals surface area contributed by atoms with Gasteiger partial charge >= 0.3 is 10.4 Å². The lowest BCUT2D eigenvalue weighted by molar-refractivity contribution is -0.119. The molecule has 0 saturated heterocycles. The topological polar surface area (TPSA) is 80.7 Å². The second kappa shape index (κ2) is 9.56. The minimum Gasteiger partial charge on any atom is -0.300 e. The van der Waals surface area contributed by atoms with Crippen LogP contribution in [0.3, 0.4) is 0 Å². The zero-order valence-electron chi connectivity index (χ0n) is 10.4. The molecule has 0 bridgehead atoms. The molecule has 0 aromatic heterocycles. The Morgan fingerprint density at radius 1 is 1.06 bits per heavy atom. The summed E-state index contributed by atoms with van der Waals surface area (Å²) in [4.78, 5) is 11.3. The molecule has 0 aliphatic carbocycles. The zero-order valence-corrected chi connectivity index (χ0v) is 11.2. The van der Waals surface area contributed by atoms with Crippen molar-refractivity contribution in [3.8, 4) is 0 Å². The summed E-state index contributed by atoms with van der Waals surface area (Å²) in [6, 6.07) is 0. The van der Waals surface area contributed by atoms with Crippen molar-refractivity contribution in [2.75, 3.05) is 6.61 Å². The smallest absolute Gasteiger partial charge is 0.300 e. The summed E-state index contributed by atoms with van der Waals surface area (Å²) in [5.74, 6) is -0.0239. The molecule has 0 unspecified atom stereocenters. The zero-order chi connectivity index (χ0) is 13.1. The van der Waals surface area contributed by atoms with Crippen molar-refractivity contribution in [2.45, 2.75) is 58.3 Å². The molecule has 102 valence electrons. The van der Waals surface area contributed by atoms with E-state index in [4.69, 9.17) is 4.55 Å². The minimum atomic E-state index is -4.41. The average Bonchev–Trinajstić information content (AvgIpc) is 2.21. The van der Waals surface area contributed by atoms with Crippen LogP contribution in [0.4, 0.5) is 0 Å². The first-order valence-electron chi connectivity index (χ1n) is 6.09. The molecule has 1 N–H and O–H groups in total. The lowest BCUT2D eigenvalue weighted by Crippen LogP contribution is -2.09. The molecular formula is C11H22O5S. The number of rotatable bonds is 11. The van der Waals surface area contributed by atoms with Gasteiger partial charge in [-0.15, -0.1) is 0 Å². The molecule has 0 aliphatic heterocycles. The van der Waals surface area contributed by atoms with Crippen LogP contribution >= 0.6 is 0 Å². The summed E-state index contributed by atoms with van der Waals surface area (Å²) in [7, 11) is -4.41. The van der Waals surface area contributed by atoms with E-state index in [1.807, 2.05) is 0 Å². The van der Waals surface area contributed by atoms with Gasteiger partial charge in [0.2, 0.25) is 0 Å². The highest BCUT2D eigenvalue weighted by molar-refractivity contribution is 7.80. The molecule has 0 aliphatic rings. The van der Waals surface area contributed by atoms with Gasteiger partial charge < -0.3 is 0 Å². The Balaban J connectivity index is 3.35. The Bertz CT molecular complexity index is 297. The maximum Gasteiger partial charge on any atom is 0.397 e. The van der Waals surface area contributed by atoms with Crippen LogP contribution < -0.4 is 0 Å². The monoisotopic (exact) mass is 266 g/mol. The van der Waals surface area contributed by atoms with Crippen molar-refractivity contribution in [3.63, 3.8) is 0 Å². The number of ketones is 1. The molecule has 0 rings (SSSR count). The van der Waals surface area contributed by atoms with Gasteiger partial charge in [-0.3, -0.25) is 9.35 Å². The SMILES string of the molecule is CCCCCCCCC(=O)CCOS(=O)(=O)O. The van der Waals surface area contributed by atoms with Gasteiger partial charge in [0.25, 0.3) is 0 Å². The van der Waals surface area contributed by atoms with Gasteiger partial charge in [-0.1, -0.05) is 39.0 Å². The van der Waals surface area contributed by atoms with Gasteiger partial charge in [0.15, 0.2) is 0 Å². The molecule has 17 heavy (non-hydrogen) atoms. The number of carbonyl (C=O) groups is 1. The number of Topliss-reactive ketones (excluding diaryl/α,β-unsaturated/α-hetero) is 1. The molecule has 0 amide bonds. The van der Waals surface area contributed by atoms with Crippen LogP contribution in [-0.2, 0) is 19.4 Å². The van der Waals surface area contributed by atoms with E-state index in [0.717, 1.165) is 19.3 Å². The van der Waals surface area contributed by atoms with Crippen LogP contribution in [-0.4, -0.2) is 25.4 Å². The van der Waals surface area contributed by atoms with Crippen molar-refractivity contribution in [1.29, 1.82) is 0 Å². The highest BCUT2D eigenvalue weighted by Gasteiger charge is 2.07. The maximum absolute atomic E-state index is 11.3. The molecule has 0 atom stereocenters. The first kappa shape index (κ1) is 16.5. The summed E-state index contributed by atoms with van der Waals surface area (Å²) < 4.78 is 32.7. The summed E-state index contributed by atoms with van der Waals surface area (Å²) in [6.07, 6.45) is 7.15. The molecule has 5 nitrogen and oxygen atoms in total. The molecule has 0 aromatic carbocycles. The summed E-state index contributed by atoms with van der Waals surface area (Å²) in [5, 5.41) is 0. The Morgan fingerprint density at radius 3 is 2.24 bits per heavy atom. The molecular weight excluding hydrogens is 244 g/mol. The van der Waals surface area contributed by atoms with Gasteiger partial charge in [0.05, 0.1) is 6.61 Å². The van der Waals surface area contributed by atoms with Gasteiger partial charge in [-0.25, -0.2) is 4.18 Å². The normalized spacial score (nSPS) is 11.6. The van der Waals surface area contributed by atoms with E-state index in [1.165, 1.54) is 19.3 Å². The van der Waals surface area contributed by atoms with Gasteiger partial charge in [-0.2, -0.15) is 8.42 Å². The van der Waals surface area contributed by atoms with Gasteiger partial charge in [0.1, 0.15) is 5.78 Å². The number of carbonyl (C=O) groups excluding carboxylic acids is 1. The van der Waals surface area contributed by atoms with Crippen LogP contribution in [0.25, 0.3) is 0 Å². The van der Waals surface area contributed by atoms with Crippen LogP contribution in [0.2, 0.25) is 0 Å². The van der Waals surface area contributed by atoms with E-state index in [9.17, 15) is 13.2 Å². The van der Waals surface area contributed by atoms with E-state index in [1.54, 1.807) is 0 Å². The van der Waals surface area contributed by atoms with Crippen molar-refractivity contribution < 1.29 is 21.9 Å². The second-order valence-electron chi connectivity index (χ2n) is 4.06. The van der Waals surface area contributed by atoms with Crippen molar-refractivity contribution >= 4 is 16.2 Å². The molecule has 0 spiro atoms. The fourth-order valence-electron chi connectivity index (χ4n) is 1.49. The molecule has 0 aromatic rings. The third-order valence-corrected chi connectivity index (χ3v) is 2.89. The van der Waals surface area contributed by atoms with Crippen LogP contribution in [0.15, 0.2) is 0 Å². The third-order valence-electron chi connectivity index (χ3n) is 2.42. The van der Waals surface area contributed by atoms with Crippen LogP contribution in [0.5, 0.6) is 0 Å². The highest BCUT2D eigenvalue weighted by atomic mass is 32.3. The Morgan fingerprint density at radius 2 is 1.65 bits per heavy atom. The lowest BCUT2D eigenvalue weighted by Gasteiger charge is -2.01. The first-order chi connectivity index (χ1) is 7.95. The molecule has 6 heteroatoms. The fourth-order valence-corrected chi connectivity index (χ4v) is 1.78. The van der Waals surface area contributed by atoms with E-state index in [0.29, 0.717) is 6.42 Å². The third kappa shape index (κ3) is 13.5. The molecule has 0 heterocycles. The lowest BCUT2D eigenvalue weighted by atomic mass is 10.1. The second-order valence-corrected chi connectivity index (χ2v) is 5.15. The first-order valence-corrected chi connectivity index (χ1v) is 7.45. The van der Waals surface area contributed by atoms with Crippen molar-refractivity contribution in [1.82, 2.24) is 0 Å². The summed E-state index contributed by atoms with van der Waals surface area (Å²) in [6.45, 7) is 1.88. The quantitative estimate of drug-likeness (QED) is 0.459. The molecule has 0 fully saturated rings. The average molecular weight is 266 g/mol. The number of unbranched alkanes of at least 4 members (excludes halogenated alkanes) is 5. The summed E-state index contributed by atoms with van der Waals surface area (Å²) >= 11 is 0. The Labute approximate surface area is 104 Å². The molecule has 0 saturated carbocycles. The Kier molecular flexibility index (Phi) is 9.30. The van der Waals surface area contributed by atoms with Crippen molar-refractivity contribution in [3.05, 3.63) is 0 Å². The largest absolute Gasteiger partial charge is 0.397 e. The predicted octanol–water partition coefficient (Wildman–Crippen LogP) is 2.52. The summed E-state index contributed by atoms with van der Waals surface area (Å²) in [5.41, 5.74) is 0. The number of hydrogen-bond donors (Lipinski definition) is 1. The van der Waals surface area contributed by atoms with Crippen LogP contribution in [0, 0.1) is 0 Å². The molecule has 0 radical (unpaired) electrons. The Hall–Kier alpha value is -0.460. The minimum absolute atomic E-state index is 0.0239. The standard InChI is InChI=1S/C11H22O5S/c1-2-3-4-5-6-7-8-11(12)9-10-16-17(13,14)15/h2-10H2,1H3,(H,13,14,15). The predicted molar refractivity (Wildman–Crippen MR) is 65.1 cm³/mol.